The van der Waals surface area contributed by atoms with E-state index in [1.54, 1.807) is 12.1 Å². The third-order valence-electron chi connectivity index (χ3n) is 3.18. The maximum absolute atomic E-state index is 12.3. The van der Waals surface area contributed by atoms with Gasteiger partial charge in [0.25, 0.3) is 0 Å². The molecule has 1 unspecified atom stereocenters. The fourth-order valence-corrected chi connectivity index (χ4v) is 2.86. The van der Waals surface area contributed by atoms with Gasteiger partial charge in [0.15, 0.2) is 0 Å². The van der Waals surface area contributed by atoms with E-state index in [0.717, 1.165) is 12.0 Å². The van der Waals surface area contributed by atoms with Crippen molar-refractivity contribution < 1.29 is 9.53 Å². The molecule has 20 heavy (non-hydrogen) atoms. The Kier molecular flexibility index (Phi) is 6.84. The number of halogens is 2. The number of rotatable bonds is 7. The van der Waals surface area contributed by atoms with E-state index in [4.69, 9.17) is 27.9 Å². The molecule has 0 aliphatic carbocycles. The number of carbonyl (C=O) groups is 1. The lowest BCUT2D eigenvalue weighted by Gasteiger charge is -2.23. The topological polar surface area (TPSA) is 26.3 Å². The quantitative estimate of drug-likeness (QED) is 0.663. The van der Waals surface area contributed by atoms with Crippen LogP contribution in [0.15, 0.2) is 12.1 Å². The van der Waals surface area contributed by atoms with Gasteiger partial charge >= 0.3 is 0 Å². The van der Waals surface area contributed by atoms with Crippen LogP contribution in [0, 0.1) is 5.92 Å². The zero-order valence-corrected chi connectivity index (χ0v) is 14.0. The summed E-state index contributed by atoms with van der Waals surface area (Å²) in [5.74, 6) is 0.710. The first-order chi connectivity index (χ1) is 9.42. The van der Waals surface area contributed by atoms with Crippen LogP contribution in [-0.4, -0.2) is 12.4 Å². The highest BCUT2D eigenvalue weighted by atomic mass is 35.5. The van der Waals surface area contributed by atoms with Crippen molar-refractivity contribution in [3.8, 4) is 5.75 Å². The summed E-state index contributed by atoms with van der Waals surface area (Å²) in [6.07, 6.45) is 1.37. The first-order valence-corrected chi connectivity index (χ1v) is 7.82. The van der Waals surface area contributed by atoms with Gasteiger partial charge in [0, 0.05) is 22.9 Å². The molecule has 0 bridgehead atoms. The van der Waals surface area contributed by atoms with E-state index in [-0.39, 0.29) is 17.6 Å². The summed E-state index contributed by atoms with van der Waals surface area (Å²) in [5.41, 5.74) is 0.804. The van der Waals surface area contributed by atoms with Crippen molar-refractivity contribution >= 4 is 29.0 Å². The van der Waals surface area contributed by atoms with Gasteiger partial charge in [0.2, 0.25) is 0 Å². The molecule has 1 atom stereocenters. The van der Waals surface area contributed by atoms with E-state index in [9.17, 15) is 4.79 Å². The van der Waals surface area contributed by atoms with Crippen LogP contribution in [0.3, 0.4) is 0 Å². The van der Waals surface area contributed by atoms with Crippen LogP contribution in [0.5, 0.6) is 5.75 Å². The van der Waals surface area contributed by atoms with Crippen LogP contribution in [0.4, 0.5) is 0 Å². The lowest BCUT2D eigenvalue weighted by atomic mass is 9.83. The Morgan fingerprint density at radius 1 is 1.25 bits per heavy atom. The van der Waals surface area contributed by atoms with Crippen LogP contribution in [-0.2, 0) is 4.79 Å². The molecule has 0 aromatic heterocycles. The number of hydrogen-bond acceptors (Lipinski definition) is 2. The Morgan fingerprint density at radius 3 is 2.40 bits per heavy atom. The van der Waals surface area contributed by atoms with Crippen molar-refractivity contribution in [2.45, 2.75) is 46.5 Å². The number of ether oxygens (including phenoxy) is 1. The first kappa shape index (κ1) is 17.3. The van der Waals surface area contributed by atoms with Crippen LogP contribution >= 0.6 is 23.2 Å². The highest BCUT2D eigenvalue weighted by Gasteiger charge is 2.27. The molecule has 0 radical (unpaired) electrons. The molecular formula is C16H22Cl2O2. The van der Waals surface area contributed by atoms with Crippen molar-refractivity contribution in [2.75, 3.05) is 6.61 Å². The van der Waals surface area contributed by atoms with Crippen LogP contribution in [0.25, 0.3) is 0 Å². The van der Waals surface area contributed by atoms with Gasteiger partial charge in [-0.1, -0.05) is 50.9 Å². The van der Waals surface area contributed by atoms with E-state index >= 15 is 0 Å². The first-order valence-electron chi connectivity index (χ1n) is 7.06. The molecule has 1 rings (SSSR count). The predicted octanol–water partition coefficient (Wildman–Crippen LogP) is 5.50. The van der Waals surface area contributed by atoms with E-state index in [2.05, 4.69) is 0 Å². The number of Topliss-reactive ketones (excluding diaryl/α,β-unsaturated/α-hetero) is 1. The molecule has 0 N–H and O–H groups in total. The molecule has 0 heterocycles. The molecule has 4 heteroatoms. The fourth-order valence-electron chi connectivity index (χ4n) is 2.29. The summed E-state index contributed by atoms with van der Waals surface area (Å²) in [4.78, 5) is 12.3. The maximum Gasteiger partial charge on any atom is 0.141 e. The van der Waals surface area contributed by atoms with Crippen LogP contribution in [0.2, 0.25) is 10.0 Å². The third-order valence-corrected chi connectivity index (χ3v) is 3.68. The second-order valence-electron chi connectivity index (χ2n) is 5.20. The lowest BCUT2D eigenvalue weighted by Crippen LogP contribution is -2.19. The van der Waals surface area contributed by atoms with Gasteiger partial charge < -0.3 is 4.74 Å². The average Bonchev–Trinajstić information content (AvgIpc) is 2.37. The Hall–Kier alpha value is -0.730. The number of carbonyl (C=O) groups excluding carboxylic acids is 1. The molecule has 0 aliphatic rings. The van der Waals surface area contributed by atoms with E-state index in [1.165, 1.54) is 0 Å². The standard InChI is InChI=1S/C16H22Cl2O2/c1-5-7-20-16-12(8-11(17)9-13(16)18)15(10(3)4)14(19)6-2/h8-10,15H,5-7H2,1-4H3. The monoisotopic (exact) mass is 316 g/mol. The molecule has 112 valence electrons. The van der Waals surface area contributed by atoms with Crippen molar-refractivity contribution in [3.63, 3.8) is 0 Å². The molecular weight excluding hydrogens is 295 g/mol. The van der Waals surface area contributed by atoms with Gasteiger partial charge in [-0.05, 0) is 24.5 Å². The van der Waals surface area contributed by atoms with Gasteiger partial charge in [0.05, 0.1) is 11.6 Å². The molecule has 0 saturated carbocycles. The van der Waals surface area contributed by atoms with Gasteiger partial charge in [-0.3, -0.25) is 4.79 Å². The van der Waals surface area contributed by atoms with E-state index < -0.39 is 0 Å². The van der Waals surface area contributed by atoms with Gasteiger partial charge in [-0.15, -0.1) is 0 Å². The van der Waals surface area contributed by atoms with Crippen LogP contribution < -0.4 is 4.74 Å². The third kappa shape index (κ3) is 4.13. The summed E-state index contributed by atoms with van der Waals surface area (Å²) in [6.45, 7) is 8.52. The van der Waals surface area contributed by atoms with Crippen molar-refractivity contribution in [1.29, 1.82) is 0 Å². The Morgan fingerprint density at radius 2 is 1.90 bits per heavy atom. The SMILES string of the molecule is CCCOc1c(Cl)cc(Cl)cc1C(C(=O)CC)C(C)C. The highest BCUT2D eigenvalue weighted by molar-refractivity contribution is 6.35. The molecule has 0 amide bonds. The number of ketones is 1. The van der Waals surface area contributed by atoms with Crippen molar-refractivity contribution in [1.82, 2.24) is 0 Å². The molecule has 2 nitrogen and oxygen atoms in total. The predicted molar refractivity (Wildman–Crippen MR) is 85.1 cm³/mol. The van der Waals surface area contributed by atoms with Crippen molar-refractivity contribution in [3.05, 3.63) is 27.7 Å². The molecule has 0 aliphatic heterocycles. The number of hydrogen-bond donors (Lipinski definition) is 0. The van der Waals surface area contributed by atoms with Crippen molar-refractivity contribution in [2.24, 2.45) is 5.92 Å². The molecule has 0 fully saturated rings. The largest absolute Gasteiger partial charge is 0.492 e. The summed E-state index contributed by atoms with van der Waals surface area (Å²) in [7, 11) is 0. The van der Waals surface area contributed by atoms with Crippen LogP contribution in [0.1, 0.15) is 52.0 Å². The summed E-state index contributed by atoms with van der Waals surface area (Å²) >= 11 is 12.3. The Labute approximate surface area is 131 Å². The molecule has 1 aromatic carbocycles. The molecule has 1 aromatic rings. The molecule has 0 saturated heterocycles. The van der Waals surface area contributed by atoms with E-state index in [0.29, 0.717) is 28.8 Å². The highest BCUT2D eigenvalue weighted by Crippen LogP contribution is 2.40. The number of benzene rings is 1. The minimum atomic E-state index is -0.233. The molecule has 0 spiro atoms. The Bertz CT molecular complexity index is 470. The zero-order valence-electron chi connectivity index (χ0n) is 12.5. The van der Waals surface area contributed by atoms with Gasteiger partial charge in [-0.2, -0.15) is 0 Å². The lowest BCUT2D eigenvalue weighted by molar-refractivity contribution is -0.121. The summed E-state index contributed by atoms with van der Waals surface area (Å²) in [5, 5.41) is 0.999. The fraction of sp³-hybridized carbons (Fsp3) is 0.562. The summed E-state index contributed by atoms with van der Waals surface area (Å²) in [6, 6.07) is 3.46. The maximum atomic E-state index is 12.3. The smallest absolute Gasteiger partial charge is 0.141 e. The minimum Gasteiger partial charge on any atom is -0.492 e. The minimum absolute atomic E-state index is 0.168. The second kappa shape index (κ2) is 7.90. The zero-order chi connectivity index (χ0) is 15.3. The van der Waals surface area contributed by atoms with Gasteiger partial charge in [0.1, 0.15) is 11.5 Å². The second-order valence-corrected chi connectivity index (χ2v) is 6.04. The Balaban J connectivity index is 3.34. The van der Waals surface area contributed by atoms with Gasteiger partial charge in [-0.25, -0.2) is 0 Å². The summed E-state index contributed by atoms with van der Waals surface area (Å²) < 4.78 is 5.76. The average molecular weight is 317 g/mol. The van der Waals surface area contributed by atoms with E-state index in [1.807, 2.05) is 27.7 Å². The normalized spacial score (nSPS) is 12.6.